The molecule has 6 heteroatoms. The van der Waals surface area contributed by atoms with Gasteiger partial charge in [-0.25, -0.2) is 0 Å². The number of hydrogen-bond donors (Lipinski definition) is 0. The van der Waals surface area contributed by atoms with Gasteiger partial charge in [-0.15, -0.1) is 0 Å². The maximum atomic E-state index is 9.19. The Kier molecular flexibility index (Phi) is 7.55. The van der Waals surface area contributed by atoms with Crippen LogP contribution in [0.3, 0.4) is 0 Å². The van der Waals surface area contributed by atoms with Gasteiger partial charge in [0.05, 0.1) is 27.2 Å². The minimum absolute atomic E-state index is 0.142. The summed E-state index contributed by atoms with van der Waals surface area (Å²) in [5.41, 5.74) is 1.16. The van der Waals surface area contributed by atoms with Crippen LogP contribution in [0.4, 0.5) is 0 Å². The molecule has 1 aliphatic heterocycles. The smallest absolute Gasteiger partial charge is 0.150 e. The maximum Gasteiger partial charge on any atom is 0.150 e. The molecule has 0 fully saturated rings. The molecule has 0 aromatic heterocycles. The van der Waals surface area contributed by atoms with Crippen LogP contribution in [-0.4, -0.2) is 13.2 Å². The summed E-state index contributed by atoms with van der Waals surface area (Å²) in [6, 6.07) is 5.97. The second-order valence-corrected chi connectivity index (χ2v) is 7.97. The fourth-order valence-electron chi connectivity index (χ4n) is 2.27. The minimum Gasteiger partial charge on any atom is -0.492 e. The standard InChI is InChI=1S/C19H22N2O2S2/c1-4-6-8-22-15-10-13(3)16(23-9-7-5-2)18-17(15)24-19(25-18)14(11-20)12-21/h10H,4-9H2,1-3H3. The van der Waals surface area contributed by atoms with Gasteiger partial charge < -0.3 is 9.47 Å². The number of nitrogens with zero attached hydrogens (tertiary/aromatic N) is 2. The van der Waals surface area contributed by atoms with Gasteiger partial charge in [0.1, 0.15) is 29.2 Å². The van der Waals surface area contributed by atoms with Gasteiger partial charge in [-0.2, -0.15) is 10.5 Å². The first-order chi connectivity index (χ1) is 12.2. The summed E-state index contributed by atoms with van der Waals surface area (Å²) in [6.45, 7) is 7.58. The van der Waals surface area contributed by atoms with Crippen LogP contribution in [0.5, 0.6) is 11.5 Å². The first-order valence-corrected chi connectivity index (χ1v) is 10.1. The van der Waals surface area contributed by atoms with Gasteiger partial charge in [0.25, 0.3) is 0 Å². The Balaban J connectivity index is 2.41. The van der Waals surface area contributed by atoms with E-state index in [1.54, 1.807) is 0 Å². The monoisotopic (exact) mass is 374 g/mol. The maximum absolute atomic E-state index is 9.19. The van der Waals surface area contributed by atoms with E-state index in [0.29, 0.717) is 17.5 Å². The number of benzene rings is 1. The molecule has 0 N–H and O–H groups in total. The molecule has 0 bridgehead atoms. The summed E-state index contributed by atoms with van der Waals surface area (Å²) in [7, 11) is 0. The molecule has 1 aliphatic rings. The predicted octanol–water partition coefficient (Wildman–Crippen LogP) is 5.81. The number of nitriles is 2. The van der Waals surface area contributed by atoms with Gasteiger partial charge in [0.15, 0.2) is 0 Å². The lowest BCUT2D eigenvalue weighted by Gasteiger charge is -2.16. The lowest BCUT2D eigenvalue weighted by molar-refractivity contribution is 0.286. The molecule has 0 aliphatic carbocycles. The quantitative estimate of drug-likeness (QED) is 0.422. The molecule has 1 aromatic rings. The Hall–Kier alpha value is -1.76. The second-order valence-electron chi connectivity index (χ2n) is 5.67. The average molecular weight is 375 g/mol. The number of ether oxygens (including phenoxy) is 2. The molecule has 2 rings (SSSR count). The molecule has 0 atom stereocenters. The minimum atomic E-state index is 0.142. The van der Waals surface area contributed by atoms with Crippen molar-refractivity contribution in [3.63, 3.8) is 0 Å². The highest BCUT2D eigenvalue weighted by molar-refractivity contribution is 8.24. The predicted molar refractivity (Wildman–Crippen MR) is 102 cm³/mol. The van der Waals surface area contributed by atoms with Crippen molar-refractivity contribution in [3.8, 4) is 23.6 Å². The van der Waals surface area contributed by atoms with Gasteiger partial charge in [-0.1, -0.05) is 50.2 Å². The first kappa shape index (κ1) is 19.6. The van der Waals surface area contributed by atoms with E-state index in [4.69, 9.17) is 9.47 Å². The van der Waals surface area contributed by atoms with Gasteiger partial charge in [0.2, 0.25) is 0 Å². The molecular formula is C19H22N2O2S2. The van der Waals surface area contributed by atoms with Crippen molar-refractivity contribution in [2.24, 2.45) is 0 Å². The van der Waals surface area contributed by atoms with Gasteiger partial charge in [-0.3, -0.25) is 0 Å². The summed E-state index contributed by atoms with van der Waals surface area (Å²) < 4.78 is 12.7. The van der Waals surface area contributed by atoms with E-state index in [-0.39, 0.29) is 5.57 Å². The Labute approximate surface area is 158 Å². The van der Waals surface area contributed by atoms with E-state index in [0.717, 1.165) is 52.5 Å². The molecule has 0 saturated carbocycles. The van der Waals surface area contributed by atoms with E-state index in [9.17, 15) is 10.5 Å². The van der Waals surface area contributed by atoms with E-state index in [1.807, 2.05) is 25.1 Å². The highest BCUT2D eigenvalue weighted by Crippen LogP contribution is 2.59. The molecule has 0 saturated heterocycles. The molecule has 1 aromatic carbocycles. The zero-order valence-electron chi connectivity index (χ0n) is 14.8. The molecule has 0 unspecified atom stereocenters. The summed E-state index contributed by atoms with van der Waals surface area (Å²) in [5.74, 6) is 1.65. The molecule has 132 valence electrons. The summed E-state index contributed by atoms with van der Waals surface area (Å²) >= 11 is 2.87. The van der Waals surface area contributed by atoms with E-state index < -0.39 is 0 Å². The molecule has 25 heavy (non-hydrogen) atoms. The number of fused-ring (bicyclic) bond motifs is 1. The number of rotatable bonds is 8. The van der Waals surface area contributed by atoms with Crippen LogP contribution in [-0.2, 0) is 0 Å². The molecule has 0 amide bonds. The Morgan fingerprint density at radius 2 is 1.60 bits per heavy atom. The summed E-state index contributed by atoms with van der Waals surface area (Å²) in [6.07, 6.45) is 4.12. The zero-order valence-corrected chi connectivity index (χ0v) is 16.5. The van der Waals surface area contributed by atoms with Crippen molar-refractivity contribution in [2.45, 2.75) is 56.2 Å². The third-order valence-corrected chi connectivity index (χ3v) is 6.27. The van der Waals surface area contributed by atoms with Gasteiger partial charge in [-0.05, 0) is 31.4 Å². The Morgan fingerprint density at radius 1 is 1.00 bits per heavy atom. The molecule has 1 heterocycles. The van der Waals surface area contributed by atoms with Crippen LogP contribution < -0.4 is 9.47 Å². The van der Waals surface area contributed by atoms with Crippen molar-refractivity contribution in [1.82, 2.24) is 0 Å². The van der Waals surface area contributed by atoms with Crippen molar-refractivity contribution in [3.05, 3.63) is 21.4 Å². The summed E-state index contributed by atoms with van der Waals surface area (Å²) in [4.78, 5) is 1.92. The van der Waals surface area contributed by atoms with Gasteiger partial charge >= 0.3 is 0 Å². The number of hydrogen-bond acceptors (Lipinski definition) is 6. The van der Waals surface area contributed by atoms with Crippen LogP contribution in [0.1, 0.15) is 45.1 Å². The van der Waals surface area contributed by atoms with Crippen LogP contribution in [0.15, 0.2) is 25.7 Å². The highest BCUT2D eigenvalue weighted by Gasteiger charge is 2.30. The fraction of sp³-hybridized carbons (Fsp3) is 0.474. The van der Waals surface area contributed by atoms with E-state index in [1.165, 1.54) is 23.5 Å². The van der Waals surface area contributed by atoms with Crippen molar-refractivity contribution < 1.29 is 9.47 Å². The van der Waals surface area contributed by atoms with E-state index >= 15 is 0 Å². The third-order valence-electron chi connectivity index (χ3n) is 3.66. The number of aryl methyl sites for hydroxylation is 1. The lowest BCUT2D eigenvalue weighted by atomic mass is 10.2. The highest BCUT2D eigenvalue weighted by atomic mass is 32.2. The topological polar surface area (TPSA) is 66.0 Å². The van der Waals surface area contributed by atoms with E-state index in [2.05, 4.69) is 13.8 Å². The molecular weight excluding hydrogens is 352 g/mol. The SMILES string of the molecule is CCCCOc1cc(C)c(OCCCC)c2c1SC(=C(C#N)C#N)S2. The largest absolute Gasteiger partial charge is 0.492 e. The molecule has 4 nitrogen and oxygen atoms in total. The van der Waals surface area contributed by atoms with Crippen LogP contribution in [0.25, 0.3) is 0 Å². The Bertz CT molecular complexity index is 729. The third kappa shape index (κ3) is 4.66. The first-order valence-electron chi connectivity index (χ1n) is 8.49. The molecule has 0 radical (unpaired) electrons. The lowest BCUT2D eigenvalue weighted by Crippen LogP contribution is -2.02. The van der Waals surface area contributed by atoms with Crippen LogP contribution in [0.2, 0.25) is 0 Å². The number of thioether (sulfide) groups is 2. The van der Waals surface area contributed by atoms with Crippen molar-refractivity contribution in [2.75, 3.05) is 13.2 Å². The van der Waals surface area contributed by atoms with Crippen LogP contribution in [0, 0.1) is 29.6 Å². The number of unbranched alkanes of at least 4 members (excludes halogenated alkanes) is 2. The van der Waals surface area contributed by atoms with Crippen molar-refractivity contribution in [1.29, 1.82) is 10.5 Å². The normalized spacial score (nSPS) is 12.3. The molecule has 0 spiro atoms. The zero-order chi connectivity index (χ0) is 18.2. The fourth-order valence-corrected chi connectivity index (χ4v) is 4.85. The van der Waals surface area contributed by atoms with Gasteiger partial charge in [0, 0.05) is 0 Å². The second kappa shape index (κ2) is 9.65. The number of allylic oxidation sites excluding steroid dienone is 1. The summed E-state index contributed by atoms with van der Waals surface area (Å²) in [5, 5.41) is 18.4. The average Bonchev–Trinajstić information content (AvgIpc) is 3.04. The Morgan fingerprint density at radius 3 is 2.20 bits per heavy atom. The van der Waals surface area contributed by atoms with Crippen molar-refractivity contribution >= 4 is 23.5 Å². The van der Waals surface area contributed by atoms with Crippen LogP contribution >= 0.6 is 23.5 Å².